The summed E-state index contributed by atoms with van der Waals surface area (Å²) in [4.78, 5) is 0. The van der Waals surface area contributed by atoms with Crippen molar-refractivity contribution in [3.8, 4) is 17.2 Å². The van der Waals surface area contributed by atoms with Crippen molar-refractivity contribution in [2.24, 2.45) is 0 Å². The average Bonchev–Trinajstić information content (AvgIpc) is 2.52. The average molecular weight is 351 g/mol. The number of phenols is 1. The van der Waals surface area contributed by atoms with Gasteiger partial charge in [-0.3, -0.25) is 0 Å². The van der Waals surface area contributed by atoms with Gasteiger partial charge in [0.15, 0.2) is 0 Å². The van der Waals surface area contributed by atoms with E-state index in [1.807, 2.05) is 30.3 Å². The third kappa shape index (κ3) is 4.67. The number of rotatable bonds is 7. The molecule has 2 aromatic carbocycles. The fraction of sp³-hybridized carbons (Fsp3) is 0.294. The van der Waals surface area contributed by atoms with E-state index in [0.29, 0.717) is 13.2 Å². The van der Waals surface area contributed by atoms with Crippen LogP contribution in [0.15, 0.2) is 42.5 Å². The Hall–Kier alpha value is -1.68. The summed E-state index contributed by atoms with van der Waals surface area (Å²) in [5.41, 5.74) is 2.09. The highest BCUT2D eigenvalue weighted by Crippen LogP contribution is 2.28. The molecule has 0 aliphatic heterocycles. The van der Waals surface area contributed by atoms with E-state index in [4.69, 9.17) is 9.47 Å². The van der Waals surface area contributed by atoms with Gasteiger partial charge in [-0.25, -0.2) is 0 Å². The molecule has 0 saturated carbocycles. The molecule has 21 heavy (non-hydrogen) atoms. The molecule has 112 valence electrons. The van der Waals surface area contributed by atoms with Crippen LogP contribution in [0.4, 0.5) is 0 Å². The van der Waals surface area contributed by atoms with Gasteiger partial charge in [0.1, 0.15) is 23.9 Å². The van der Waals surface area contributed by atoms with Gasteiger partial charge in [-0.1, -0.05) is 41.1 Å². The molecule has 0 radical (unpaired) electrons. The van der Waals surface area contributed by atoms with Crippen LogP contribution in [-0.4, -0.2) is 11.7 Å². The molecule has 0 unspecified atom stereocenters. The Morgan fingerprint density at radius 3 is 2.48 bits per heavy atom. The van der Waals surface area contributed by atoms with Crippen LogP contribution >= 0.6 is 15.9 Å². The first-order valence-electron chi connectivity index (χ1n) is 6.95. The van der Waals surface area contributed by atoms with Crippen LogP contribution < -0.4 is 9.47 Å². The molecule has 0 aliphatic rings. The molecule has 0 fully saturated rings. The number of hydrogen-bond donors (Lipinski definition) is 1. The maximum atomic E-state index is 9.28. The van der Waals surface area contributed by atoms with Gasteiger partial charge in [0.25, 0.3) is 0 Å². The van der Waals surface area contributed by atoms with Crippen molar-refractivity contribution >= 4 is 15.9 Å². The number of phenolic OH excluding ortho intramolecular Hbond substituents is 1. The molecule has 3 nitrogen and oxygen atoms in total. The first-order chi connectivity index (χ1) is 10.2. The Kier molecular flexibility index (Phi) is 5.93. The van der Waals surface area contributed by atoms with Crippen molar-refractivity contribution in [3.05, 3.63) is 53.6 Å². The van der Waals surface area contributed by atoms with E-state index in [1.165, 1.54) is 0 Å². The molecule has 2 rings (SSSR count). The third-order valence-electron chi connectivity index (χ3n) is 2.99. The molecule has 2 aromatic rings. The van der Waals surface area contributed by atoms with Crippen LogP contribution in [-0.2, 0) is 11.9 Å². The Morgan fingerprint density at radius 2 is 1.81 bits per heavy atom. The second kappa shape index (κ2) is 7.93. The highest BCUT2D eigenvalue weighted by Gasteiger charge is 2.06. The summed E-state index contributed by atoms with van der Waals surface area (Å²) in [6.45, 7) is 3.23. The van der Waals surface area contributed by atoms with Gasteiger partial charge >= 0.3 is 0 Å². The zero-order valence-corrected chi connectivity index (χ0v) is 13.6. The highest BCUT2D eigenvalue weighted by molar-refractivity contribution is 9.08. The quantitative estimate of drug-likeness (QED) is 0.738. The number of aromatic hydroxyl groups is 1. The molecule has 1 N–H and O–H groups in total. The van der Waals surface area contributed by atoms with Gasteiger partial charge in [0, 0.05) is 17.0 Å². The summed E-state index contributed by atoms with van der Waals surface area (Å²) in [7, 11) is 0. The van der Waals surface area contributed by atoms with Crippen LogP contribution in [0.1, 0.15) is 24.5 Å². The molecular weight excluding hydrogens is 332 g/mol. The lowest BCUT2D eigenvalue weighted by Gasteiger charge is -2.13. The lowest BCUT2D eigenvalue weighted by Crippen LogP contribution is -2.00. The minimum Gasteiger partial charge on any atom is -0.508 e. The lowest BCUT2D eigenvalue weighted by atomic mass is 10.2. The van der Waals surface area contributed by atoms with E-state index in [1.54, 1.807) is 12.1 Å². The number of hydrogen-bond acceptors (Lipinski definition) is 3. The number of alkyl halides is 1. The van der Waals surface area contributed by atoms with E-state index in [-0.39, 0.29) is 5.75 Å². The number of ether oxygens (including phenoxy) is 2. The van der Waals surface area contributed by atoms with Crippen molar-refractivity contribution in [1.29, 1.82) is 0 Å². The molecule has 0 aromatic heterocycles. The van der Waals surface area contributed by atoms with E-state index < -0.39 is 0 Å². The summed E-state index contributed by atoms with van der Waals surface area (Å²) in [5.74, 6) is 1.89. The summed E-state index contributed by atoms with van der Waals surface area (Å²) in [6.07, 6.45) is 0.976. The molecule has 4 heteroatoms. The van der Waals surface area contributed by atoms with Gasteiger partial charge < -0.3 is 14.6 Å². The molecule has 0 heterocycles. The molecule has 0 aliphatic carbocycles. The Bertz CT molecular complexity index is 567. The maximum absolute atomic E-state index is 9.28. The SMILES string of the molecule is CCCOc1ccc(CBr)c(OCc2ccc(O)cc2)c1. The van der Waals surface area contributed by atoms with Gasteiger partial charge in [0.05, 0.1) is 6.61 Å². The Balaban J connectivity index is 2.07. The highest BCUT2D eigenvalue weighted by atomic mass is 79.9. The van der Waals surface area contributed by atoms with Crippen LogP contribution in [0.3, 0.4) is 0 Å². The molecule has 0 saturated heterocycles. The van der Waals surface area contributed by atoms with Gasteiger partial charge in [-0.2, -0.15) is 0 Å². The van der Waals surface area contributed by atoms with Gasteiger partial charge in [0.2, 0.25) is 0 Å². The second-order valence-electron chi connectivity index (χ2n) is 4.71. The molecule has 0 atom stereocenters. The minimum absolute atomic E-state index is 0.259. The Labute approximate surface area is 133 Å². The smallest absolute Gasteiger partial charge is 0.127 e. The normalized spacial score (nSPS) is 10.4. The predicted molar refractivity (Wildman–Crippen MR) is 87.3 cm³/mol. The summed E-state index contributed by atoms with van der Waals surface area (Å²) in [5, 5.41) is 10.0. The topological polar surface area (TPSA) is 38.7 Å². The fourth-order valence-electron chi connectivity index (χ4n) is 1.84. The van der Waals surface area contributed by atoms with Crippen molar-refractivity contribution in [1.82, 2.24) is 0 Å². The van der Waals surface area contributed by atoms with Crippen LogP contribution in [0.5, 0.6) is 17.2 Å². The Morgan fingerprint density at radius 1 is 1.05 bits per heavy atom. The van der Waals surface area contributed by atoms with E-state index in [2.05, 4.69) is 22.9 Å². The van der Waals surface area contributed by atoms with Crippen molar-refractivity contribution in [2.45, 2.75) is 25.3 Å². The van der Waals surface area contributed by atoms with Crippen molar-refractivity contribution in [2.75, 3.05) is 6.61 Å². The van der Waals surface area contributed by atoms with E-state index in [0.717, 1.165) is 34.4 Å². The largest absolute Gasteiger partial charge is 0.508 e. The fourth-order valence-corrected chi connectivity index (χ4v) is 2.31. The monoisotopic (exact) mass is 350 g/mol. The van der Waals surface area contributed by atoms with E-state index >= 15 is 0 Å². The standard InChI is InChI=1S/C17H19BrO3/c1-2-9-20-16-8-5-14(11-18)17(10-16)21-12-13-3-6-15(19)7-4-13/h3-8,10,19H,2,9,11-12H2,1H3. The summed E-state index contributed by atoms with van der Waals surface area (Å²) in [6, 6.07) is 12.9. The molecule has 0 spiro atoms. The summed E-state index contributed by atoms with van der Waals surface area (Å²) >= 11 is 3.47. The molecule has 0 bridgehead atoms. The molecule has 0 amide bonds. The van der Waals surface area contributed by atoms with Gasteiger partial charge in [-0.05, 0) is 30.2 Å². The zero-order valence-electron chi connectivity index (χ0n) is 12.0. The summed E-state index contributed by atoms with van der Waals surface area (Å²) < 4.78 is 11.5. The predicted octanol–water partition coefficient (Wildman–Crippen LogP) is 4.65. The maximum Gasteiger partial charge on any atom is 0.127 e. The van der Waals surface area contributed by atoms with Crippen molar-refractivity contribution < 1.29 is 14.6 Å². The number of benzene rings is 2. The minimum atomic E-state index is 0.259. The lowest BCUT2D eigenvalue weighted by molar-refractivity contribution is 0.293. The second-order valence-corrected chi connectivity index (χ2v) is 5.27. The molecular formula is C17H19BrO3. The van der Waals surface area contributed by atoms with Crippen molar-refractivity contribution in [3.63, 3.8) is 0 Å². The van der Waals surface area contributed by atoms with Crippen LogP contribution in [0, 0.1) is 0 Å². The van der Waals surface area contributed by atoms with Crippen LogP contribution in [0.2, 0.25) is 0 Å². The first-order valence-corrected chi connectivity index (χ1v) is 8.07. The van der Waals surface area contributed by atoms with Crippen LogP contribution in [0.25, 0.3) is 0 Å². The van der Waals surface area contributed by atoms with Gasteiger partial charge in [-0.15, -0.1) is 0 Å². The third-order valence-corrected chi connectivity index (χ3v) is 3.59. The first kappa shape index (κ1) is 15.7. The zero-order chi connectivity index (χ0) is 15.1. The number of halogens is 1. The van der Waals surface area contributed by atoms with E-state index in [9.17, 15) is 5.11 Å².